The van der Waals surface area contributed by atoms with Gasteiger partial charge in [-0.2, -0.15) is 13.9 Å². The Morgan fingerprint density at radius 3 is 3.00 bits per heavy atom. The molecule has 29 heavy (non-hydrogen) atoms. The number of piperidine rings is 1. The zero-order valence-corrected chi connectivity index (χ0v) is 15.6. The van der Waals surface area contributed by atoms with Crippen molar-refractivity contribution < 1.29 is 18.6 Å². The Hall–Kier alpha value is -2.82. The quantitative estimate of drug-likeness (QED) is 0.577. The zero-order valence-electron chi connectivity index (χ0n) is 15.6. The van der Waals surface area contributed by atoms with Crippen LogP contribution in [0.4, 0.5) is 20.3 Å². The third-order valence-electron chi connectivity index (χ3n) is 4.97. The fourth-order valence-electron chi connectivity index (χ4n) is 3.52. The van der Waals surface area contributed by atoms with Crippen molar-refractivity contribution in [2.24, 2.45) is 5.73 Å². The molecule has 1 aromatic carbocycles. The van der Waals surface area contributed by atoms with Crippen LogP contribution < -0.4 is 15.8 Å². The molecular formula is C19H22F2N6O2. The second-order valence-corrected chi connectivity index (χ2v) is 7.03. The van der Waals surface area contributed by atoms with Gasteiger partial charge in [0.1, 0.15) is 17.6 Å². The number of rotatable bonds is 6. The molecule has 154 valence electrons. The first-order valence-corrected chi connectivity index (χ1v) is 9.29. The van der Waals surface area contributed by atoms with Gasteiger partial charge in [-0.1, -0.05) is 6.07 Å². The molecule has 1 aliphatic heterocycles. The first kappa shape index (κ1) is 19.5. The summed E-state index contributed by atoms with van der Waals surface area (Å²) < 4.78 is 31.1. The Labute approximate surface area is 165 Å². The van der Waals surface area contributed by atoms with E-state index < -0.39 is 12.7 Å². The van der Waals surface area contributed by atoms with Crippen LogP contribution in [0.15, 0.2) is 42.9 Å². The van der Waals surface area contributed by atoms with Gasteiger partial charge in [0.15, 0.2) is 5.82 Å². The van der Waals surface area contributed by atoms with Crippen LogP contribution in [0.1, 0.15) is 12.0 Å². The predicted octanol–water partition coefficient (Wildman–Crippen LogP) is 1.97. The molecule has 1 saturated heterocycles. The average molecular weight is 404 g/mol. The number of aliphatic hydroxyl groups excluding tert-OH is 1. The molecule has 2 atom stereocenters. The summed E-state index contributed by atoms with van der Waals surface area (Å²) in [4.78, 5) is 6.46. The number of ether oxygens (including phenoxy) is 1. The highest BCUT2D eigenvalue weighted by Crippen LogP contribution is 2.27. The molecule has 10 heteroatoms. The van der Waals surface area contributed by atoms with E-state index in [1.807, 2.05) is 12.3 Å². The maximum Gasteiger partial charge on any atom is 0.387 e. The third-order valence-corrected chi connectivity index (χ3v) is 4.97. The van der Waals surface area contributed by atoms with Crippen molar-refractivity contribution in [2.45, 2.75) is 31.7 Å². The van der Waals surface area contributed by atoms with E-state index >= 15 is 0 Å². The van der Waals surface area contributed by atoms with E-state index in [0.29, 0.717) is 24.6 Å². The molecule has 1 aliphatic rings. The van der Waals surface area contributed by atoms with Crippen molar-refractivity contribution in [2.75, 3.05) is 18.4 Å². The van der Waals surface area contributed by atoms with Crippen molar-refractivity contribution in [3.63, 3.8) is 0 Å². The summed E-state index contributed by atoms with van der Waals surface area (Å²) in [6.07, 6.45) is 3.43. The van der Waals surface area contributed by atoms with Crippen LogP contribution >= 0.6 is 0 Å². The molecule has 4 rings (SSSR count). The van der Waals surface area contributed by atoms with Crippen LogP contribution in [0.25, 0.3) is 5.52 Å². The van der Waals surface area contributed by atoms with Gasteiger partial charge in [-0.3, -0.25) is 4.90 Å². The average Bonchev–Trinajstić information content (AvgIpc) is 3.08. The highest BCUT2D eigenvalue weighted by molar-refractivity contribution is 5.76. The molecule has 3 aromatic rings. The molecule has 8 nitrogen and oxygen atoms in total. The number of benzene rings is 1. The summed E-state index contributed by atoms with van der Waals surface area (Å²) in [5.74, 6) is 0.604. The lowest BCUT2D eigenvalue weighted by molar-refractivity contribution is -0.0498. The second-order valence-electron chi connectivity index (χ2n) is 7.03. The van der Waals surface area contributed by atoms with Gasteiger partial charge < -0.3 is 20.9 Å². The summed E-state index contributed by atoms with van der Waals surface area (Å²) in [6, 6.07) is 8.06. The number of hydrogen-bond donors (Lipinski definition) is 3. The number of nitrogens with zero attached hydrogens (tertiary/aromatic N) is 4. The minimum atomic E-state index is -2.89. The normalized spacial score (nSPS) is 20.3. The van der Waals surface area contributed by atoms with E-state index in [1.54, 1.807) is 16.6 Å². The van der Waals surface area contributed by atoms with E-state index in [1.165, 1.54) is 18.5 Å². The molecule has 4 N–H and O–H groups in total. The molecular weight excluding hydrogens is 382 g/mol. The Bertz CT molecular complexity index is 982. The van der Waals surface area contributed by atoms with Gasteiger partial charge in [0, 0.05) is 43.6 Å². The van der Waals surface area contributed by atoms with Gasteiger partial charge in [0.25, 0.3) is 0 Å². The van der Waals surface area contributed by atoms with Crippen LogP contribution in [0.5, 0.6) is 5.75 Å². The van der Waals surface area contributed by atoms with Crippen molar-refractivity contribution in [3.8, 4) is 5.75 Å². The van der Waals surface area contributed by atoms with Crippen LogP contribution in [0.2, 0.25) is 0 Å². The molecule has 0 unspecified atom stereocenters. The summed E-state index contributed by atoms with van der Waals surface area (Å²) in [7, 11) is 0. The number of aromatic nitrogens is 3. The number of halogens is 2. The van der Waals surface area contributed by atoms with E-state index in [-0.39, 0.29) is 11.8 Å². The standard InChI is InChI=1S/C19H22F2N6O2/c20-19(21)29-14-3-1-2-13(8-14)25-18-17-12(4-7-27(17)24-11-23-18)9-26-6-5-15(22)16(28)10-26/h1-4,7-8,11,15-16,19,28H,5-6,9-10,22H2,(H,23,24,25)/t15-,16-/m1/s1. The Morgan fingerprint density at radius 2 is 2.21 bits per heavy atom. The summed E-state index contributed by atoms with van der Waals surface area (Å²) in [5, 5.41) is 17.4. The maximum atomic E-state index is 12.5. The number of likely N-dealkylation sites (tertiary alicyclic amines) is 1. The van der Waals surface area contributed by atoms with Crippen molar-refractivity contribution in [1.82, 2.24) is 19.5 Å². The molecule has 1 fully saturated rings. The largest absolute Gasteiger partial charge is 0.435 e. The Balaban J connectivity index is 1.58. The van der Waals surface area contributed by atoms with Gasteiger partial charge in [-0.15, -0.1) is 0 Å². The fourth-order valence-corrected chi connectivity index (χ4v) is 3.52. The van der Waals surface area contributed by atoms with E-state index in [4.69, 9.17) is 5.73 Å². The SMILES string of the molecule is N[C@@H]1CCN(Cc2ccn3ncnc(Nc4cccc(OC(F)F)c4)c23)C[C@H]1O. The lowest BCUT2D eigenvalue weighted by atomic mass is 10.0. The predicted molar refractivity (Wildman–Crippen MR) is 103 cm³/mol. The van der Waals surface area contributed by atoms with Crippen LogP contribution in [-0.2, 0) is 6.54 Å². The molecule has 0 amide bonds. The summed E-state index contributed by atoms with van der Waals surface area (Å²) in [6.45, 7) is -0.987. The van der Waals surface area contributed by atoms with Gasteiger partial charge in [-0.25, -0.2) is 9.50 Å². The number of nitrogens with two attached hydrogens (primary N) is 1. The molecule has 0 bridgehead atoms. The summed E-state index contributed by atoms with van der Waals surface area (Å²) in [5.41, 5.74) is 8.21. The van der Waals surface area contributed by atoms with E-state index in [2.05, 4.69) is 25.0 Å². The number of nitrogens with one attached hydrogen (secondary N) is 1. The topological polar surface area (TPSA) is 101 Å². The second kappa shape index (κ2) is 8.27. The minimum absolute atomic E-state index is 0.0596. The lowest BCUT2D eigenvalue weighted by Crippen LogP contribution is -2.50. The fraction of sp³-hybridized carbons (Fsp3) is 0.368. The summed E-state index contributed by atoms with van der Waals surface area (Å²) >= 11 is 0. The van der Waals surface area contributed by atoms with Gasteiger partial charge in [0.2, 0.25) is 0 Å². The van der Waals surface area contributed by atoms with Gasteiger partial charge in [0.05, 0.1) is 6.10 Å². The van der Waals surface area contributed by atoms with E-state index in [0.717, 1.165) is 24.0 Å². The lowest BCUT2D eigenvalue weighted by Gasteiger charge is -2.33. The number of aliphatic hydroxyl groups is 1. The molecule has 0 spiro atoms. The molecule has 0 saturated carbocycles. The maximum absolute atomic E-state index is 12.5. The first-order chi connectivity index (χ1) is 14.0. The zero-order chi connectivity index (χ0) is 20.4. The molecule has 2 aromatic heterocycles. The van der Waals surface area contributed by atoms with Gasteiger partial charge >= 0.3 is 6.61 Å². The monoisotopic (exact) mass is 404 g/mol. The Morgan fingerprint density at radius 1 is 1.34 bits per heavy atom. The van der Waals surface area contributed by atoms with Crippen LogP contribution in [0, 0.1) is 0 Å². The Kier molecular flexibility index (Phi) is 5.56. The van der Waals surface area contributed by atoms with Crippen molar-refractivity contribution in [3.05, 3.63) is 48.4 Å². The first-order valence-electron chi connectivity index (χ1n) is 9.29. The van der Waals surface area contributed by atoms with Gasteiger partial charge in [-0.05, 0) is 30.2 Å². The molecule has 0 aliphatic carbocycles. The highest BCUT2D eigenvalue weighted by atomic mass is 19.3. The van der Waals surface area contributed by atoms with Crippen molar-refractivity contribution in [1.29, 1.82) is 0 Å². The number of β-amino-alcohol motifs (C(OH)–C–C–N with tert-alkyl or cyclic N) is 1. The number of hydrogen-bond acceptors (Lipinski definition) is 7. The highest BCUT2D eigenvalue weighted by Gasteiger charge is 2.25. The molecule has 3 heterocycles. The van der Waals surface area contributed by atoms with E-state index in [9.17, 15) is 13.9 Å². The smallest absolute Gasteiger partial charge is 0.387 e. The number of alkyl halides is 2. The number of fused-ring (bicyclic) bond motifs is 1. The van der Waals surface area contributed by atoms with Crippen LogP contribution in [-0.4, -0.2) is 56.5 Å². The minimum Gasteiger partial charge on any atom is -0.435 e. The molecule has 0 radical (unpaired) electrons. The van der Waals surface area contributed by atoms with Crippen LogP contribution in [0.3, 0.4) is 0 Å². The third kappa shape index (κ3) is 4.44. The number of anilines is 2. The van der Waals surface area contributed by atoms with Crippen molar-refractivity contribution >= 4 is 17.0 Å².